The van der Waals surface area contributed by atoms with E-state index < -0.39 is 0 Å². The molecule has 0 amide bonds. The van der Waals surface area contributed by atoms with Gasteiger partial charge in [0.05, 0.1) is 12.3 Å². The van der Waals surface area contributed by atoms with Crippen molar-refractivity contribution in [2.75, 3.05) is 7.11 Å². The zero-order valence-electron chi connectivity index (χ0n) is 8.90. The van der Waals surface area contributed by atoms with E-state index in [2.05, 4.69) is 15.0 Å². The maximum atomic E-state index is 5.91. The third-order valence-electron chi connectivity index (χ3n) is 1.85. The molecule has 2 aromatic heterocycles. The molecular weight excluding hydrogens is 246 g/mol. The highest BCUT2D eigenvalue weighted by Gasteiger charge is 2.09. The van der Waals surface area contributed by atoms with Crippen molar-refractivity contribution in [2.24, 2.45) is 0 Å². The average molecular weight is 256 g/mol. The second-order valence-corrected chi connectivity index (χ2v) is 4.48. The van der Waals surface area contributed by atoms with Gasteiger partial charge in [-0.05, 0) is 13.0 Å². The molecule has 0 saturated heterocycles. The van der Waals surface area contributed by atoms with Crippen LogP contribution in [-0.2, 0) is 11.3 Å². The van der Waals surface area contributed by atoms with Gasteiger partial charge in [-0.2, -0.15) is 0 Å². The van der Waals surface area contributed by atoms with Crippen molar-refractivity contribution in [1.82, 2.24) is 15.0 Å². The molecule has 0 bridgehead atoms. The van der Waals surface area contributed by atoms with E-state index in [1.54, 1.807) is 13.2 Å². The van der Waals surface area contributed by atoms with Gasteiger partial charge in [-0.15, -0.1) is 11.3 Å². The van der Waals surface area contributed by atoms with Gasteiger partial charge in [0.25, 0.3) is 0 Å². The van der Waals surface area contributed by atoms with E-state index in [0.717, 1.165) is 16.4 Å². The molecule has 0 aliphatic carbocycles. The average Bonchev–Trinajstić information content (AvgIpc) is 2.64. The van der Waals surface area contributed by atoms with E-state index in [0.29, 0.717) is 17.6 Å². The smallest absolute Gasteiger partial charge is 0.190 e. The molecule has 0 fully saturated rings. The standard InChI is InChI=1S/C10H10ClN3OS/c1-6-5-16-10(12-6)9-13-7(4-15-2)3-8(11)14-9/h3,5H,4H2,1-2H3. The number of ether oxygens (including phenoxy) is 1. The van der Waals surface area contributed by atoms with Gasteiger partial charge in [0.1, 0.15) is 5.15 Å². The van der Waals surface area contributed by atoms with Crippen LogP contribution in [0.25, 0.3) is 10.8 Å². The van der Waals surface area contributed by atoms with Crippen molar-refractivity contribution in [3.8, 4) is 10.8 Å². The first-order valence-electron chi connectivity index (χ1n) is 4.64. The molecule has 2 aromatic rings. The Morgan fingerprint density at radius 2 is 2.19 bits per heavy atom. The number of halogens is 1. The Bertz CT molecular complexity index is 501. The van der Waals surface area contributed by atoms with Crippen molar-refractivity contribution in [1.29, 1.82) is 0 Å². The zero-order valence-corrected chi connectivity index (χ0v) is 10.5. The summed E-state index contributed by atoms with van der Waals surface area (Å²) in [5.41, 5.74) is 1.71. The highest BCUT2D eigenvalue weighted by atomic mass is 35.5. The van der Waals surface area contributed by atoms with Crippen LogP contribution in [0.3, 0.4) is 0 Å². The third-order valence-corrected chi connectivity index (χ3v) is 3.00. The lowest BCUT2D eigenvalue weighted by atomic mass is 10.4. The summed E-state index contributed by atoms with van der Waals surface area (Å²) in [4.78, 5) is 12.8. The quantitative estimate of drug-likeness (QED) is 0.792. The van der Waals surface area contributed by atoms with Crippen LogP contribution in [0.15, 0.2) is 11.4 Å². The van der Waals surface area contributed by atoms with E-state index in [9.17, 15) is 0 Å². The summed E-state index contributed by atoms with van der Waals surface area (Å²) in [6, 6.07) is 1.69. The molecule has 0 spiro atoms. The topological polar surface area (TPSA) is 47.9 Å². The third kappa shape index (κ3) is 2.55. The molecule has 84 valence electrons. The molecule has 0 aliphatic rings. The zero-order chi connectivity index (χ0) is 11.5. The minimum atomic E-state index is 0.407. The molecule has 6 heteroatoms. The maximum Gasteiger partial charge on any atom is 0.190 e. The summed E-state index contributed by atoms with van der Waals surface area (Å²) in [5, 5.41) is 3.14. The molecule has 2 heterocycles. The fourth-order valence-corrected chi connectivity index (χ4v) is 2.17. The summed E-state index contributed by atoms with van der Waals surface area (Å²) >= 11 is 7.42. The van der Waals surface area contributed by atoms with Gasteiger partial charge < -0.3 is 4.74 Å². The van der Waals surface area contributed by atoms with E-state index in [4.69, 9.17) is 16.3 Å². The van der Waals surface area contributed by atoms with Crippen molar-refractivity contribution in [3.63, 3.8) is 0 Å². The first-order valence-corrected chi connectivity index (χ1v) is 5.89. The molecule has 0 aromatic carbocycles. The normalized spacial score (nSPS) is 10.7. The van der Waals surface area contributed by atoms with E-state index in [-0.39, 0.29) is 0 Å². The van der Waals surface area contributed by atoms with Crippen molar-refractivity contribution in [3.05, 3.63) is 28.0 Å². The number of thiazole rings is 1. The number of hydrogen-bond donors (Lipinski definition) is 0. The Labute approximate surface area is 102 Å². The fourth-order valence-electron chi connectivity index (χ4n) is 1.24. The van der Waals surface area contributed by atoms with Crippen LogP contribution >= 0.6 is 22.9 Å². The van der Waals surface area contributed by atoms with Gasteiger partial charge in [0.15, 0.2) is 10.8 Å². The van der Waals surface area contributed by atoms with Gasteiger partial charge >= 0.3 is 0 Å². The first kappa shape index (κ1) is 11.4. The molecule has 0 unspecified atom stereocenters. The second kappa shape index (κ2) is 4.86. The largest absolute Gasteiger partial charge is 0.378 e. The molecule has 0 saturated carbocycles. The van der Waals surface area contributed by atoms with Gasteiger partial charge in [0, 0.05) is 18.2 Å². The van der Waals surface area contributed by atoms with Gasteiger partial charge in [0.2, 0.25) is 0 Å². The molecule has 0 atom stereocenters. The Morgan fingerprint density at radius 1 is 1.38 bits per heavy atom. The molecule has 0 radical (unpaired) electrons. The number of nitrogens with zero attached hydrogens (tertiary/aromatic N) is 3. The number of rotatable bonds is 3. The monoisotopic (exact) mass is 255 g/mol. The highest BCUT2D eigenvalue weighted by Crippen LogP contribution is 2.22. The Kier molecular flexibility index (Phi) is 3.48. The summed E-state index contributed by atoms with van der Waals surface area (Å²) in [5.74, 6) is 0.553. The highest BCUT2D eigenvalue weighted by molar-refractivity contribution is 7.13. The predicted octanol–water partition coefficient (Wildman–Crippen LogP) is 2.71. The summed E-state index contributed by atoms with van der Waals surface area (Å²) in [7, 11) is 1.61. The molecule has 0 aliphatic heterocycles. The molecule has 16 heavy (non-hydrogen) atoms. The van der Waals surface area contributed by atoms with Crippen LogP contribution in [0.2, 0.25) is 5.15 Å². The Morgan fingerprint density at radius 3 is 2.81 bits per heavy atom. The van der Waals surface area contributed by atoms with Crippen LogP contribution in [0, 0.1) is 6.92 Å². The lowest BCUT2D eigenvalue weighted by Gasteiger charge is -2.01. The second-order valence-electron chi connectivity index (χ2n) is 3.23. The first-order chi connectivity index (χ1) is 7.69. The molecule has 0 N–H and O–H groups in total. The van der Waals surface area contributed by atoms with Crippen LogP contribution in [0.4, 0.5) is 0 Å². The van der Waals surface area contributed by atoms with Crippen LogP contribution in [0.1, 0.15) is 11.4 Å². The van der Waals surface area contributed by atoms with E-state index in [1.807, 2.05) is 12.3 Å². The number of aromatic nitrogens is 3. The fraction of sp³-hybridized carbons (Fsp3) is 0.300. The maximum absolute atomic E-state index is 5.91. The molecule has 2 rings (SSSR count). The summed E-state index contributed by atoms with van der Waals surface area (Å²) in [6.07, 6.45) is 0. The minimum Gasteiger partial charge on any atom is -0.378 e. The van der Waals surface area contributed by atoms with Crippen LogP contribution < -0.4 is 0 Å². The van der Waals surface area contributed by atoms with Gasteiger partial charge in [-0.25, -0.2) is 15.0 Å². The SMILES string of the molecule is COCc1cc(Cl)nc(-c2nc(C)cs2)n1. The summed E-state index contributed by atoms with van der Waals surface area (Å²) in [6.45, 7) is 2.35. The lowest BCUT2D eigenvalue weighted by molar-refractivity contribution is 0.181. The number of methoxy groups -OCH3 is 1. The van der Waals surface area contributed by atoms with E-state index >= 15 is 0 Å². The number of hydrogen-bond acceptors (Lipinski definition) is 5. The number of aryl methyl sites for hydroxylation is 1. The minimum absolute atomic E-state index is 0.407. The van der Waals surface area contributed by atoms with Crippen LogP contribution in [-0.4, -0.2) is 22.1 Å². The molecular formula is C10H10ClN3OS. The van der Waals surface area contributed by atoms with E-state index in [1.165, 1.54) is 11.3 Å². The van der Waals surface area contributed by atoms with Crippen molar-refractivity contribution < 1.29 is 4.74 Å². The Balaban J connectivity index is 2.40. The summed E-state index contributed by atoms with van der Waals surface area (Å²) < 4.78 is 5.01. The van der Waals surface area contributed by atoms with Gasteiger partial charge in [-0.1, -0.05) is 11.6 Å². The van der Waals surface area contributed by atoms with Gasteiger partial charge in [-0.3, -0.25) is 0 Å². The lowest BCUT2D eigenvalue weighted by Crippen LogP contribution is -1.97. The van der Waals surface area contributed by atoms with Crippen molar-refractivity contribution >= 4 is 22.9 Å². The van der Waals surface area contributed by atoms with Crippen molar-refractivity contribution in [2.45, 2.75) is 13.5 Å². The Hall–Kier alpha value is -1.04. The molecule has 4 nitrogen and oxygen atoms in total. The van der Waals surface area contributed by atoms with Crippen LogP contribution in [0.5, 0.6) is 0 Å². The predicted molar refractivity (Wildman–Crippen MR) is 63.6 cm³/mol.